The Labute approximate surface area is 194 Å². The van der Waals surface area contributed by atoms with E-state index in [-0.39, 0.29) is 35.6 Å². The molecular weight excluding hydrogens is 418 g/mol. The van der Waals surface area contributed by atoms with Gasteiger partial charge in [0.2, 0.25) is 11.8 Å². The smallest absolute Gasteiger partial charge is 0.329 e. The Balaban J connectivity index is 1.11. The Morgan fingerprint density at radius 2 is 1.76 bits per heavy atom. The highest BCUT2D eigenvalue weighted by molar-refractivity contribution is 5.80. The van der Waals surface area contributed by atoms with Crippen LogP contribution in [0.3, 0.4) is 0 Å². The summed E-state index contributed by atoms with van der Waals surface area (Å²) in [6.07, 6.45) is 7.99. The number of piperidine rings is 1. The van der Waals surface area contributed by atoms with Gasteiger partial charge in [-0.25, -0.2) is 4.79 Å². The van der Waals surface area contributed by atoms with Crippen LogP contribution < -0.4 is 16.3 Å². The first-order valence-electron chi connectivity index (χ1n) is 12.5. The number of likely N-dealkylation sites (tertiary alicyclic amines) is 1. The highest BCUT2D eigenvalue weighted by atomic mass is 16.2. The number of amides is 2. The number of nitrogens with zero attached hydrogens (tertiary/aromatic N) is 3. The Morgan fingerprint density at radius 1 is 1.03 bits per heavy atom. The lowest BCUT2D eigenvalue weighted by Crippen LogP contribution is -2.62. The van der Waals surface area contributed by atoms with E-state index >= 15 is 0 Å². The van der Waals surface area contributed by atoms with Gasteiger partial charge < -0.3 is 10.2 Å². The predicted octanol–water partition coefficient (Wildman–Crippen LogP) is 2.28. The summed E-state index contributed by atoms with van der Waals surface area (Å²) in [5.74, 6) is 0.476. The summed E-state index contributed by atoms with van der Waals surface area (Å²) in [6, 6.07) is 8.32. The summed E-state index contributed by atoms with van der Waals surface area (Å²) in [5, 5.41) is 6.70. The molecule has 178 valence electrons. The number of carbonyl (C=O) groups is 2. The maximum Gasteiger partial charge on any atom is 0.329 e. The number of rotatable bonds is 5. The van der Waals surface area contributed by atoms with Crippen molar-refractivity contribution in [3.63, 3.8) is 0 Å². The summed E-state index contributed by atoms with van der Waals surface area (Å²) >= 11 is 0. The maximum atomic E-state index is 12.8. The molecular formula is C25H35N5O3. The van der Waals surface area contributed by atoms with Crippen LogP contribution >= 0.6 is 0 Å². The topological polar surface area (TPSA) is 88.4 Å². The number of aromatic nitrogens is 2. The fraction of sp³-hybridized carbons (Fsp3) is 0.640. The molecule has 3 fully saturated rings. The second-order valence-electron chi connectivity index (χ2n) is 9.93. The van der Waals surface area contributed by atoms with Crippen LogP contribution in [-0.4, -0.2) is 51.1 Å². The largest absolute Gasteiger partial charge is 0.343 e. The van der Waals surface area contributed by atoms with Gasteiger partial charge in [-0.2, -0.15) is 0 Å². The molecule has 1 aromatic heterocycles. The SMILES string of the molecule is Cn1c(=O)n(C2CCN(C(=O)CCCC3NC(=O)C4CCCCC4N3)CC2)c2ccccc21. The van der Waals surface area contributed by atoms with Gasteiger partial charge in [-0.05, 0) is 50.7 Å². The van der Waals surface area contributed by atoms with Crippen molar-refractivity contribution in [2.75, 3.05) is 13.1 Å². The molecule has 1 saturated carbocycles. The number of imidazole rings is 1. The molecule has 2 aromatic rings. The third-order valence-electron chi connectivity index (χ3n) is 7.90. The number of fused-ring (bicyclic) bond motifs is 2. The van der Waals surface area contributed by atoms with Crippen molar-refractivity contribution in [2.45, 2.75) is 76.0 Å². The number of para-hydroxylation sites is 2. The molecule has 1 aromatic carbocycles. The molecule has 2 aliphatic heterocycles. The molecule has 3 heterocycles. The molecule has 2 saturated heterocycles. The van der Waals surface area contributed by atoms with Crippen LogP contribution in [0.4, 0.5) is 0 Å². The number of carbonyl (C=O) groups excluding carboxylic acids is 2. The first-order chi connectivity index (χ1) is 16.0. The summed E-state index contributed by atoms with van der Waals surface area (Å²) in [4.78, 5) is 39.9. The lowest BCUT2D eigenvalue weighted by molar-refractivity contribution is -0.132. The van der Waals surface area contributed by atoms with E-state index in [9.17, 15) is 14.4 Å². The van der Waals surface area contributed by atoms with Crippen LogP contribution in [0.5, 0.6) is 0 Å². The second-order valence-corrected chi connectivity index (χ2v) is 9.93. The highest BCUT2D eigenvalue weighted by Gasteiger charge is 2.37. The third kappa shape index (κ3) is 4.33. The molecule has 8 nitrogen and oxygen atoms in total. The average Bonchev–Trinajstić information content (AvgIpc) is 3.09. The summed E-state index contributed by atoms with van der Waals surface area (Å²) < 4.78 is 3.62. The zero-order valence-electron chi connectivity index (χ0n) is 19.5. The van der Waals surface area contributed by atoms with Gasteiger partial charge in [0.15, 0.2) is 0 Å². The van der Waals surface area contributed by atoms with Crippen LogP contribution in [0.25, 0.3) is 11.0 Å². The van der Waals surface area contributed by atoms with Crippen LogP contribution in [0.1, 0.15) is 63.8 Å². The molecule has 1 aliphatic carbocycles. The number of hydrogen-bond donors (Lipinski definition) is 2. The Morgan fingerprint density at radius 3 is 2.55 bits per heavy atom. The van der Waals surface area contributed by atoms with Crippen LogP contribution in [0.15, 0.2) is 29.1 Å². The molecule has 0 bridgehead atoms. The first-order valence-corrected chi connectivity index (χ1v) is 12.5. The van der Waals surface area contributed by atoms with Crippen molar-refractivity contribution < 1.29 is 9.59 Å². The molecule has 3 unspecified atom stereocenters. The molecule has 33 heavy (non-hydrogen) atoms. The standard InChI is InChI=1S/C25H35N5O3/c1-28-20-9-4-5-10-21(20)30(25(28)33)17-13-15-29(16-14-17)23(31)12-6-11-22-26-19-8-3-2-7-18(19)24(32)27-22/h4-5,9-10,17-19,22,26H,2-3,6-8,11-16H2,1H3,(H,27,32). The zero-order valence-corrected chi connectivity index (χ0v) is 19.5. The summed E-state index contributed by atoms with van der Waals surface area (Å²) in [5.41, 5.74) is 1.93. The third-order valence-corrected chi connectivity index (χ3v) is 7.90. The minimum atomic E-state index is -0.0198. The normalized spacial score (nSPS) is 26.3. The van der Waals surface area contributed by atoms with Gasteiger partial charge in [0.1, 0.15) is 0 Å². The molecule has 2 N–H and O–H groups in total. The van der Waals surface area contributed by atoms with Gasteiger partial charge in [0, 0.05) is 38.6 Å². The van der Waals surface area contributed by atoms with Crippen molar-refractivity contribution >= 4 is 22.8 Å². The number of benzene rings is 1. The van der Waals surface area contributed by atoms with E-state index in [2.05, 4.69) is 10.6 Å². The Kier molecular flexibility index (Phi) is 6.27. The van der Waals surface area contributed by atoms with Crippen molar-refractivity contribution in [2.24, 2.45) is 13.0 Å². The monoisotopic (exact) mass is 453 g/mol. The van der Waals surface area contributed by atoms with E-state index in [0.717, 1.165) is 56.0 Å². The zero-order chi connectivity index (χ0) is 22.9. The van der Waals surface area contributed by atoms with Crippen LogP contribution in [-0.2, 0) is 16.6 Å². The van der Waals surface area contributed by atoms with Gasteiger partial charge >= 0.3 is 5.69 Å². The lowest BCUT2D eigenvalue weighted by Gasteiger charge is -2.40. The van der Waals surface area contributed by atoms with Gasteiger partial charge in [0.05, 0.1) is 23.1 Å². The molecule has 8 heteroatoms. The van der Waals surface area contributed by atoms with Gasteiger partial charge in [0.25, 0.3) is 0 Å². The first kappa shape index (κ1) is 22.2. The van der Waals surface area contributed by atoms with Crippen LogP contribution in [0.2, 0.25) is 0 Å². The van der Waals surface area contributed by atoms with E-state index in [4.69, 9.17) is 0 Å². The van der Waals surface area contributed by atoms with Gasteiger partial charge in [-0.15, -0.1) is 0 Å². The Bertz CT molecular complexity index is 1080. The minimum Gasteiger partial charge on any atom is -0.343 e. The van der Waals surface area contributed by atoms with Gasteiger partial charge in [-0.1, -0.05) is 25.0 Å². The molecule has 0 radical (unpaired) electrons. The lowest BCUT2D eigenvalue weighted by atomic mass is 9.82. The van der Waals surface area contributed by atoms with E-state index in [1.54, 1.807) is 4.57 Å². The fourth-order valence-corrected chi connectivity index (χ4v) is 6.04. The van der Waals surface area contributed by atoms with Gasteiger partial charge in [-0.3, -0.25) is 24.0 Å². The molecule has 3 aliphatic rings. The molecule has 2 amide bonds. The summed E-state index contributed by atoms with van der Waals surface area (Å²) in [6.45, 7) is 1.36. The van der Waals surface area contributed by atoms with E-state index in [1.165, 1.54) is 6.42 Å². The number of hydrogen-bond acceptors (Lipinski definition) is 4. The molecule has 3 atom stereocenters. The summed E-state index contributed by atoms with van der Waals surface area (Å²) in [7, 11) is 1.82. The predicted molar refractivity (Wildman–Crippen MR) is 127 cm³/mol. The number of aryl methyl sites for hydroxylation is 1. The maximum absolute atomic E-state index is 12.8. The van der Waals surface area contributed by atoms with Crippen molar-refractivity contribution in [1.29, 1.82) is 0 Å². The van der Waals surface area contributed by atoms with Crippen molar-refractivity contribution in [3.8, 4) is 0 Å². The van der Waals surface area contributed by atoms with Crippen molar-refractivity contribution in [1.82, 2.24) is 24.7 Å². The van der Waals surface area contributed by atoms with E-state index in [0.29, 0.717) is 25.6 Å². The Hall–Kier alpha value is -2.61. The molecule has 0 spiro atoms. The second kappa shape index (κ2) is 9.33. The van der Waals surface area contributed by atoms with E-state index in [1.807, 2.05) is 40.8 Å². The highest BCUT2D eigenvalue weighted by Crippen LogP contribution is 2.28. The number of nitrogens with one attached hydrogen (secondary N) is 2. The van der Waals surface area contributed by atoms with E-state index < -0.39 is 0 Å². The van der Waals surface area contributed by atoms with Crippen molar-refractivity contribution in [3.05, 3.63) is 34.7 Å². The fourth-order valence-electron chi connectivity index (χ4n) is 6.04. The average molecular weight is 454 g/mol. The minimum absolute atomic E-state index is 0.0169. The quantitative estimate of drug-likeness (QED) is 0.727. The van der Waals surface area contributed by atoms with Crippen LogP contribution in [0, 0.1) is 5.92 Å². The molecule has 5 rings (SSSR count).